The van der Waals surface area contributed by atoms with E-state index in [4.69, 9.17) is 0 Å². The number of rotatable bonds is 0. The van der Waals surface area contributed by atoms with Crippen LogP contribution in [0.5, 0.6) is 0 Å². The minimum absolute atomic E-state index is 0.344. The van der Waals surface area contributed by atoms with Crippen molar-refractivity contribution in [2.75, 3.05) is 6.54 Å². The van der Waals surface area contributed by atoms with Gasteiger partial charge >= 0.3 is 0 Å². The second-order valence-electron chi connectivity index (χ2n) is 4.88. The van der Waals surface area contributed by atoms with Crippen molar-refractivity contribution in [1.29, 1.82) is 0 Å². The van der Waals surface area contributed by atoms with E-state index in [1.807, 2.05) is 0 Å². The maximum atomic E-state index is 3.75. The molecule has 2 aliphatic rings. The van der Waals surface area contributed by atoms with Gasteiger partial charge in [0.15, 0.2) is 0 Å². The normalized spacial score (nSPS) is 40.5. The molecule has 1 heterocycles. The van der Waals surface area contributed by atoms with Crippen LogP contribution in [-0.2, 0) is 0 Å². The van der Waals surface area contributed by atoms with Crippen molar-refractivity contribution in [3.05, 3.63) is 0 Å². The Morgan fingerprint density at radius 2 is 1.92 bits per heavy atom. The summed E-state index contributed by atoms with van der Waals surface area (Å²) in [7, 11) is 0. The zero-order valence-electron chi connectivity index (χ0n) is 8.19. The molecule has 0 unspecified atom stereocenters. The van der Waals surface area contributed by atoms with E-state index in [9.17, 15) is 0 Å². The molecule has 1 saturated heterocycles. The third kappa shape index (κ3) is 1.64. The van der Waals surface area contributed by atoms with Gasteiger partial charge in [-0.2, -0.15) is 0 Å². The first-order valence-corrected chi connectivity index (χ1v) is 5.18. The Kier molecular flexibility index (Phi) is 2.13. The van der Waals surface area contributed by atoms with Crippen LogP contribution in [-0.4, -0.2) is 24.2 Å². The molecule has 1 aliphatic carbocycles. The molecule has 0 aromatic heterocycles. The fourth-order valence-electron chi connectivity index (χ4n) is 2.52. The van der Waals surface area contributed by atoms with Gasteiger partial charge in [-0.3, -0.25) is 0 Å². The molecule has 2 nitrogen and oxygen atoms in total. The maximum absolute atomic E-state index is 3.75. The summed E-state index contributed by atoms with van der Waals surface area (Å²) in [5, 5.41) is 7.39. The van der Waals surface area contributed by atoms with E-state index in [0.717, 1.165) is 12.1 Å². The third-order valence-corrected chi connectivity index (χ3v) is 3.25. The Balaban J connectivity index is 2.04. The second kappa shape index (κ2) is 3.00. The van der Waals surface area contributed by atoms with Crippen LogP contribution in [0.15, 0.2) is 0 Å². The zero-order chi connectivity index (χ0) is 8.60. The van der Waals surface area contributed by atoms with Crippen molar-refractivity contribution in [3.63, 3.8) is 0 Å². The molecule has 1 saturated carbocycles. The first kappa shape index (κ1) is 8.52. The van der Waals surface area contributed by atoms with E-state index in [1.54, 1.807) is 0 Å². The standard InChI is InChI=1S/C10H20N2/c1-10(2)6-7-11-8-4-3-5-9(8)12-10/h8-9,11-12H,3-7H2,1-2H3/t8-,9+/m1/s1. The summed E-state index contributed by atoms with van der Waals surface area (Å²) in [4.78, 5) is 0. The van der Waals surface area contributed by atoms with Gasteiger partial charge in [-0.1, -0.05) is 6.42 Å². The predicted octanol–water partition coefficient (Wildman–Crippen LogP) is 1.27. The summed E-state index contributed by atoms with van der Waals surface area (Å²) in [5.41, 5.74) is 0.344. The molecule has 2 rings (SSSR count). The predicted molar refractivity (Wildman–Crippen MR) is 51.3 cm³/mol. The van der Waals surface area contributed by atoms with E-state index < -0.39 is 0 Å². The molecule has 0 radical (unpaired) electrons. The Bertz CT molecular complexity index is 165. The van der Waals surface area contributed by atoms with E-state index in [0.29, 0.717) is 5.54 Å². The monoisotopic (exact) mass is 168 g/mol. The van der Waals surface area contributed by atoms with Crippen LogP contribution in [0.3, 0.4) is 0 Å². The zero-order valence-corrected chi connectivity index (χ0v) is 8.19. The van der Waals surface area contributed by atoms with Crippen LogP contribution in [0.1, 0.15) is 39.5 Å². The van der Waals surface area contributed by atoms with Crippen LogP contribution < -0.4 is 10.6 Å². The number of hydrogen-bond acceptors (Lipinski definition) is 2. The second-order valence-corrected chi connectivity index (χ2v) is 4.88. The topological polar surface area (TPSA) is 24.1 Å². The van der Waals surface area contributed by atoms with Gasteiger partial charge in [-0.05, 0) is 39.7 Å². The fraction of sp³-hybridized carbons (Fsp3) is 1.00. The van der Waals surface area contributed by atoms with Gasteiger partial charge in [0.2, 0.25) is 0 Å². The van der Waals surface area contributed by atoms with Gasteiger partial charge in [0.1, 0.15) is 0 Å². The number of fused-ring (bicyclic) bond motifs is 1. The molecule has 0 aromatic carbocycles. The summed E-state index contributed by atoms with van der Waals surface area (Å²) in [5.74, 6) is 0. The van der Waals surface area contributed by atoms with Crippen LogP contribution >= 0.6 is 0 Å². The average molecular weight is 168 g/mol. The van der Waals surface area contributed by atoms with Crippen molar-refractivity contribution < 1.29 is 0 Å². The van der Waals surface area contributed by atoms with Crippen LogP contribution in [0.4, 0.5) is 0 Å². The summed E-state index contributed by atoms with van der Waals surface area (Å²) >= 11 is 0. The van der Waals surface area contributed by atoms with Gasteiger partial charge in [0, 0.05) is 17.6 Å². The molecule has 0 spiro atoms. The minimum atomic E-state index is 0.344. The summed E-state index contributed by atoms with van der Waals surface area (Å²) in [6.07, 6.45) is 5.38. The Morgan fingerprint density at radius 1 is 1.17 bits per heavy atom. The highest BCUT2D eigenvalue weighted by atomic mass is 15.1. The van der Waals surface area contributed by atoms with Gasteiger partial charge in [-0.25, -0.2) is 0 Å². The molecule has 2 N–H and O–H groups in total. The van der Waals surface area contributed by atoms with Gasteiger partial charge in [0.05, 0.1) is 0 Å². The van der Waals surface area contributed by atoms with E-state index in [1.165, 1.54) is 32.2 Å². The number of hydrogen-bond donors (Lipinski definition) is 2. The van der Waals surface area contributed by atoms with E-state index >= 15 is 0 Å². The van der Waals surface area contributed by atoms with Gasteiger partial charge in [0.25, 0.3) is 0 Å². The SMILES string of the molecule is CC1(C)CCN[C@@H]2CCC[C@@H]2N1. The summed E-state index contributed by atoms with van der Waals surface area (Å²) in [6.45, 7) is 5.81. The lowest BCUT2D eigenvalue weighted by Gasteiger charge is -2.28. The molecule has 0 aromatic rings. The highest BCUT2D eigenvalue weighted by molar-refractivity contribution is 4.96. The molecular formula is C10H20N2. The van der Waals surface area contributed by atoms with Crippen LogP contribution in [0.2, 0.25) is 0 Å². The van der Waals surface area contributed by atoms with Crippen LogP contribution in [0, 0.1) is 0 Å². The van der Waals surface area contributed by atoms with Crippen LogP contribution in [0.25, 0.3) is 0 Å². The quantitative estimate of drug-likeness (QED) is 0.569. The van der Waals surface area contributed by atoms with Crippen molar-refractivity contribution in [1.82, 2.24) is 10.6 Å². The Labute approximate surface area is 75.1 Å². The highest BCUT2D eigenvalue weighted by Crippen LogP contribution is 2.24. The average Bonchev–Trinajstić information content (AvgIpc) is 2.31. The summed E-state index contributed by atoms with van der Waals surface area (Å²) in [6, 6.07) is 1.49. The molecule has 1 aliphatic heterocycles. The van der Waals surface area contributed by atoms with Crippen molar-refractivity contribution in [3.8, 4) is 0 Å². The highest BCUT2D eigenvalue weighted by Gasteiger charge is 2.33. The molecule has 0 bridgehead atoms. The molecule has 2 heteroatoms. The Hall–Kier alpha value is -0.0800. The summed E-state index contributed by atoms with van der Waals surface area (Å²) < 4.78 is 0. The molecule has 2 atom stereocenters. The largest absolute Gasteiger partial charge is 0.312 e. The lowest BCUT2D eigenvalue weighted by molar-refractivity contribution is 0.334. The maximum Gasteiger partial charge on any atom is 0.0226 e. The first-order chi connectivity index (χ1) is 5.67. The lowest BCUT2D eigenvalue weighted by Crippen LogP contribution is -2.48. The van der Waals surface area contributed by atoms with Gasteiger partial charge in [-0.15, -0.1) is 0 Å². The lowest BCUT2D eigenvalue weighted by atomic mass is 10.00. The van der Waals surface area contributed by atoms with Crippen molar-refractivity contribution in [2.24, 2.45) is 0 Å². The third-order valence-electron chi connectivity index (χ3n) is 3.25. The molecule has 70 valence electrons. The smallest absolute Gasteiger partial charge is 0.0226 e. The minimum Gasteiger partial charge on any atom is -0.312 e. The van der Waals surface area contributed by atoms with Crippen molar-refractivity contribution in [2.45, 2.75) is 57.2 Å². The molecule has 12 heavy (non-hydrogen) atoms. The molecule has 2 fully saturated rings. The fourth-order valence-corrected chi connectivity index (χ4v) is 2.52. The molecular weight excluding hydrogens is 148 g/mol. The first-order valence-electron chi connectivity index (χ1n) is 5.18. The molecule has 0 amide bonds. The Morgan fingerprint density at radius 3 is 2.75 bits per heavy atom. The van der Waals surface area contributed by atoms with Gasteiger partial charge < -0.3 is 10.6 Å². The number of nitrogens with one attached hydrogen (secondary N) is 2. The van der Waals surface area contributed by atoms with E-state index in [-0.39, 0.29) is 0 Å². The van der Waals surface area contributed by atoms with E-state index in [2.05, 4.69) is 24.5 Å². The van der Waals surface area contributed by atoms with Crippen molar-refractivity contribution >= 4 is 0 Å².